The number of aldehydes is 1. The van der Waals surface area contributed by atoms with Gasteiger partial charge in [0.2, 0.25) is 0 Å². The van der Waals surface area contributed by atoms with Gasteiger partial charge in [0.15, 0.2) is 0 Å². The normalized spacial score (nSPS) is 33.2. The van der Waals surface area contributed by atoms with E-state index in [-0.39, 0.29) is 22.7 Å². The zero-order valence-electron chi connectivity index (χ0n) is 20.4. The fourth-order valence-electron chi connectivity index (χ4n) is 6.95. The van der Waals surface area contributed by atoms with Crippen molar-refractivity contribution in [3.8, 4) is 0 Å². The van der Waals surface area contributed by atoms with Crippen LogP contribution in [-0.2, 0) is 14.3 Å². The molecule has 0 unspecified atom stereocenters. The molecule has 0 bridgehead atoms. The minimum atomic E-state index is -0.719. The van der Waals surface area contributed by atoms with Crippen molar-refractivity contribution in [3.05, 3.63) is 35.8 Å². The van der Waals surface area contributed by atoms with Gasteiger partial charge >= 0.3 is 5.97 Å². The first-order chi connectivity index (χ1) is 15.0. The summed E-state index contributed by atoms with van der Waals surface area (Å²) in [4.78, 5) is 23.4. The smallest absolute Gasteiger partial charge is 0.303 e. The van der Waals surface area contributed by atoms with Crippen LogP contribution in [0.5, 0.6) is 0 Å². The van der Waals surface area contributed by atoms with Gasteiger partial charge in [-0.05, 0) is 79.8 Å². The molecule has 2 aliphatic carbocycles. The Labute approximate surface area is 192 Å². The first-order valence-corrected chi connectivity index (χ1v) is 12.1. The molecule has 0 saturated heterocycles. The predicted molar refractivity (Wildman–Crippen MR) is 124 cm³/mol. The molecule has 32 heavy (non-hydrogen) atoms. The molecule has 1 heterocycles. The molecular weight excluding hydrogens is 404 g/mol. The number of aliphatic hydroxyl groups is 1. The molecule has 1 aromatic heterocycles. The summed E-state index contributed by atoms with van der Waals surface area (Å²) >= 11 is 0. The van der Waals surface area contributed by atoms with Crippen molar-refractivity contribution in [1.29, 1.82) is 0 Å². The van der Waals surface area contributed by atoms with Crippen LogP contribution in [0.15, 0.2) is 34.7 Å². The van der Waals surface area contributed by atoms with Gasteiger partial charge in [0, 0.05) is 18.9 Å². The van der Waals surface area contributed by atoms with Crippen LogP contribution >= 0.6 is 0 Å². The van der Waals surface area contributed by atoms with E-state index in [0.717, 1.165) is 37.5 Å². The maximum Gasteiger partial charge on any atom is 0.303 e. The third-order valence-corrected chi connectivity index (χ3v) is 8.45. The van der Waals surface area contributed by atoms with Crippen LogP contribution in [-0.4, -0.2) is 23.0 Å². The molecule has 0 spiro atoms. The summed E-state index contributed by atoms with van der Waals surface area (Å²) in [5, 5.41) is 11.4. The standard InChI is InChI=1S/C27H40O5/c1-19(29)32-22(21-12-16-31-18-21)9-7-20(17-28)8-10-24-26(4)14-6-13-25(2,3)23(26)11-15-27(24,5)30/h7,12,16-18,22-24,30H,6,8-11,13-15H2,1-5H3/b20-7-/t22-,23+,24-,26+,27-/m1/s1. The average Bonchev–Trinajstić information content (AvgIpc) is 3.22. The summed E-state index contributed by atoms with van der Waals surface area (Å²) in [5.74, 6) is 0.372. The van der Waals surface area contributed by atoms with Gasteiger partial charge in [-0.3, -0.25) is 9.59 Å². The van der Waals surface area contributed by atoms with Crippen LogP contribution < -0.4 is 0 Å². The van der Waals surface area contributed by atoms with E-state index in [2.05, 4.69) is 20.8 Å². The molecule has 0 amide bonds. The second kappa shape index (κ2) is 9.54. The lowest BCUT2D eigenvalue weighted by atomic mass is 9.45. The second-order valence-corrected chi connectivity index (χ2v) is 11.2. The highest BCUT2D eigenvalue weighted by Gasteiger charge is 2.57. The average molecular weight is 445 g/mol. The number of carbonyl (C=O) groups is 2. The van der Waals surface area contributed by atoms with Crippen LogP contribution in [0.25, 0.3) is 0 Å². The Morgan fingerprint density at radius 3 is 2.66 bits per heavy atom. The van der Waals surface area contributed by atoms with E-state index in [1.165, 1.54) is 19.8 Å². The Morgan fingerprint density at radius 2 is 2.03 bits per heavy atom. The fourth-order valence-corrected chi connectivity index (χ4v) is 6.95. The van der Waals surface area contributed by atoms with E-state index in [9.17, 15) is 14.7 Å². The summed E-state index contributed by atoms with van der Waals surface area (Å²) in [6, 6.07) is 1.77. The first kappa shape index (κ1) is 24.8. The predicted octanol–water partition coefficient (Wildman–Crippen LogP) is 6.17. The first-order valence-electron chi connectivity index (χ1n) is 12.1. The lowest BCUT2D eigenvalue weighted by molar-refractivity contribution is -0.169. The Kier molecular flexibility index (Phi) is 7.38. The topological polar surface area (TPSA) is 76.7 Å². The summed E-state index contributed by atoms with van der Waals surface area (Å²) in [7, 11) is 0. The van der Waals surface area contributed by atoms with Gasteiger partial charge in [0.1, 0.15) is 12.4 Å². The number of fused-ring (bicyclic) bond motifs is 1. The number of allylic oxidation sites excluding steroid dienone is 1. The number of furan rings is 1. The number of hydrogen-bond donors (Lipinski definition) is 1. The van der Waals surface area contributed by atoms with Gasteiger partial charge in [0.05, 0.1) is 18.1 Å². The molecule has 5 nitrogen and oxygen atoms in total. The monoisotopic (exact) mass is 444 g/mol. The number of esters is 1. The highest BCUT2D eigenvalue weighted by atomic mass is 16.5. The van der Waals surface area contributed by atoms with Crippen molar-refractivity contribution in [2.45, 2.75) is 97.7 Å². The molecule has 2 aliphatic rings. The Morgan fingerprint density at radius 1 is 1.28 bits per heavy atom. The molecule has 1 aromatic rings. The molecule has 0 radical (unpaired) electrons. The van der Waals surface area contributed by atoms with Crippen LogP contribution in [0.2, 0.25) is 0 Å². The van der Waals surface area contributed by atoms with Crippen molar-refractivity contribution in [1.82, 2.24) is 0 Å². The number of hydrogen-bond acceptors (Lipinski definition) is 5. The van der Waals surface area contributed by atoms with Crippen molar-refractivity contribution in [2.24, 2.45) is 22.7 Å². The zero-order chi connectivity index (χ0) is 23.6. The molecule has 2 fully saturated rings. The second-order valence-electron chi connectivity index (χ2n) is 11.2. The fraction of sp³-hybridized carbons (Fsp3) is 0.704. The SMILES string of the molecule is CC(=O)O[C@H](C/C=C(\C=O)CC[C@@H]1[C@@]2(C)CCCC(C)(C)[C@@H]2CC[C@@]1(C)O)c1ccoc1. The van der Waals surface area contributed by atoms with Crippen LogP contribution in [0.3, 0.4) is 0 Å². The molecule has 5 heteroatoms. The minimum Gasteiger partial charge on any atom is -0.472 e. The van der Waals surface area contributed by atoms with E-state index in [4.69, 9.17) is 9.15 Å². The van der Waals surface area contributed by atoms with Crippen molar-refractivity contribution < 1.29 is 23.8 Å². The summed E-state index contributed by atoms with van der Waals surface area (Å²) < 4.78 is 10.6. The van der Waals surface area contributed by atoms with Gasteiger partial charge in [-0.15, -0.1) is 0 Å². The zero-order valence-corrected chi connectivity index (χ0v) is 20.4. The van der Waals surface area contributed by atoms with Gasteiger partial charge in [-0.2, -0.15) is 0 Å². The molecule has 1 N–H and O–H groups in total. The van der Waals surface area contributed by atoms with Crippen molar-refractivity contribution in [3.63, 3.8) is 0 Å². The number of rotatable bonds is 8. The third-order valence-electron chi connectivity index (χ3n) is 8.45. The van der Waals surface area contributed by atoms with E-state index in [1.54, 1.807) is 18.6 Å². The van der Waals surface area contributed by atoms with E-state index in [1.807, 2.05) is 13.0 Å². The van der Waals surface area contributed by atoms with Crippen molar-refractivity contribution in [2.75, 3.05) is 0 Å². The Bertz CT molecular complexity index is 819. The number of ether oxygens (including phenoxy) is 1. The van der Waals surface area contributed by atoms with Crippen molar-refractivity contribution >= 4 is 12.3 Å². The number of carbonyl (C=O) groups excluding carboxylic acids is 2. The van der Waals surface area contributed by atoms with Gasteiger partial charge in [-0.25, -0.2) is 0 Å². The maximum atomic E-state index is 11.9. The van der Waals surface area contributed by atoms with Gasteiger partial charge in [0.25, 0.3) is 0 Å². The van der Waals surface area contributed by atoms with Crippen LogP contribution in [0.1, 0.15) is 97.7 Å². The highest BCUT2D eigenvalue weighted by Crippen LogP contribution is 2.63. The largest absolute Gasteiger partial charge is 0.472 e. The van der Waals surface area contributed by atoms with Gasteiger partial charge in [-0.1, -0.05) is 33.3 Å². The molecule has 2 saturated carbocycles. The maximum absolute atomic E-state index is 11.9. The van der Waals surface area contributed by atoms with E-state index in [0.29, 0.717) is 24.3 Å². The van der Waals surface area contributed by atoms with E-state index >= 15 is 0 Å². The summed E-state index contributed by atoms with van der Waals surface area (Å²) in [6.45, 7) is 10.5. The highest BCUT2D eigenvalue weighted by molar-refractivity contribution is 5.73. The van der Waals surface area contributed by atoms with E-state index < -0.39 is 11.7 Å². The lowest BCUT2D eigenvalue weighted by Crippen LogP contribution is -2.57. The molecular formula is C27H40O5. The van der Waals surface area contributed by atoms with Gasteiger partial charge < -0.3 is 14.3 Å². The Balaban J connectivity index is 1.74. The third kappa shape index (κ3) is 5.19. The quantitative estimate of drug-likeness (QED) is 0.295. The minimum absolute atomic E-state index is 0.0779. The molecule has 178 valence electrons. The van der Waals surface area contributed by atoms with Crippen LogP contribution in [0, 0.1) is 22.7 Å². The van der Waals surface area contributed by atoms with Crippen LogP contribution in [0.4, 0.5) is 0 Å². The Hall–Kier alpha value is -1.88. The molecule has 5 atom stereocenters. The summed E-state index contributed by atoms with van der Waals surface area (Å²) in [5.41, 5.74) is 1.12. The summed E-state index contributed by atoms with van der Waals surface area (Å²) in [6.07, 6.45) is 12.7. The molecule has 3 rings (SSSR count). The lowest BCUT2D eigenvalue weighted by Gasteiger charge is -2.61. The molecule has 0 aliphatic heterocycles. The molecule has 0 aromatic carbocycles.